The van der Waals surface area contributed by atoms with E-state index in [1.54, 1.807) is 24.5 Å². The van der Waals surface area contributed by atoms with E-state index in [4.69, 9.17) is 0 Å². The van der Waals surface area contributed by atoms with Crippen LogP contribution < -0.4 is 5.32 Å². The molecule has 0 saturated heterocycles. The van der Waals surface area contributed by atoms with Crippen molar-refractivity contribution in [1.82, 2.24) is 10.3 Å². The molecule has 0 aliphatic carbocycles. The van der Waals surface area contributed by atoms with Gasteiger partial charge in [0, 0.05) is 24.0 Å². The Balaban J connectivity index is 2.31. The molecule has 0 unspecified atom stereocenters. The Morgan fingerprint density at radius 1 is 1.24 bits per heavy atom. The number of nitrogens with zero attached hydrogens (tertiary/aromatic N) is 1. The van der Waals surface area contributed by atoms with Gasteiger partial charge >= 0.3 is 0 Å². The molecule has 1 N–H and O–H groups in total. The minimum Gasteiger partial charge on any atom is -0.350 e. The van der Waals surface area contributed by atoms with Crippen LogP contribution in [0.25, 0.3) is 0 Å². The summed E-state index contributed by atoms with van der Waals surface area (Å²) < 4.78 is 0. The maximum atomic E-state index is 11.8. The van der Waals surface area contributed by atoms with E-state index in [0.29, 0.717) is 5.56 Å². The van der Waals surface area contributed by atoms with E-state index in [1.165, 1.54) is 6.42 Å². The second-order valence-corrected chi connectivity index (χ2v) is 4.94. The van der Waals surface area contributed by atoms with E-state index in [1.807, 2.05) is 0 Å². The molecule has 1 aromatic heterocycles. The lowest BCUT2D eigenvalue weighted by Crippen LogP contribution is -2.32. The lowest BCUT2D eigenvalue weighted by atomic mass is 10.0. The van der Waals surface area contributed by atoms with Crippen LogP contribution in [0.3, 0.4) is 0 Å². The van der Waals surface area contributed by atoms with Gasteiger partial charge in [0.05, 0.1) is 0 Å². The Morgan fingerprint density at radius 2 is 1.88 bits per heavy atom. The Labute approximate surface area is 104 Å². The van der Waals surface area contributed by atoms with Crippen molar-refractivity contribution in [2.24, 2.45) is 5.92 Å². The van der Waals surface area contributed by atoms with Gasteiger partial charge in [-0.2, -0.15) is 0 Å². The topological polar surface area (TPSA) is 42.0 Å². The Morgan fingerprint density at radius 3 is 2.47 bits per heavy atom. The smallest absolute Gasteiger partial charge is 0.251 e. The van der Waals surface area contributed by atoms with E-state index in [9.17, 15) is 4.79 Å². The van der Waals surface area contributed by atoms with Gasteiger partial charge in [-0.25, -0.2) is 0 Å². The minimum absolute atomic E-state index is 0.00977. The lowest BCUT2D eigenvalue weighted by molar-refractivity contribution is 0.0937. The molecule has 17 heavy (non-hydrogen) atoms. The number of amides is 1. The van der Waals surface area contributed by atoms with E-state index in [0.717, 1.165) is 18.8 Å². The van der Waals surface area contributed by atoms with Crippen molar-refractivity contribution < 1.29 is 4.79 Å². The molecule has 0 radical (unpaired) electrons. The van der Waals surface area contributed by atoms with Crippen molar-refractivity contribution in [2.45, 2.75) is 46.1 Å². The van der Waals surface area contributed by atoms with Gasteiger partial charge in [0.25, 0.3) is 5.91 Å². The fourth-order valence-electron chi connectivity index (χ4n) is 1.71. The maximum Gasteiger partial charge on any atom is 0.251 e. The molecule has 3 heteroatoms. The van der Waals surface area contributed by atoms with Crippen LogP contribution in [-0.2, 0) is 0 Å². The third-order valence-electron chi connectivity index (χ3n) is 2.74. The Hall–Kier alpha value is -1.38. The van der Waals surface area contributed by atoms with Gasteiger partial charge in [-0.1, -0.05) is 26.7 Å². The number of hydrogen-bond donors (Lipinski definition) is 1. The van der Waals surface area contributed by atoms with Crippen LogP contribution in [0.15, 0.2) is 24.5 Å². The quantitative estimate of drug-likeness (QED) is 0.822. The van der Waals surface area contributed by atoms with E-state index in [-0.39, 0.29) is 11.9 Å². The Kier molecular flexibility index (Phi) is 5.67. The van der Waals surface area contributed by atoms with E-state index >= 15 is 0 Å². The molecule has 0 spiro atoms. The van der Waals surface area contributed by atoms with Crippen LogP contribution in [0.5, 0.6) is 0 Å². The van der Waals surface area contributed by atoms with Crippen molar-refractivity contribution in [2.75, 3.05) is 0 Å². The molecular formula is C14H22N2O. The van der Waals surface area contributed by atoms with Crippen molar-refractivity contribution in [3.63, 3.8) is 0 Å². The number of hydrogen-bond acceptors (Lipinski definition) is 2. The summed E-state index contributed by atoms with van der Waals surface area (Å²) in [4.78, 5) is 15.7. The van der Waals surface area contributed by atoms with Crippen LogP contribution >= 0.6 is 0 Å². The SMILES string of the molecule is CC(C)CCC[C@H](C)NC(=O)c1ccncc1. The highest BCUT2D eigenvalue weighted by molar-refractivity contribution is 5.94. The minimum atomic E-state index is -0.00977. The molecule has 0 aliphatic rings. The molecule has 0 aromatic carbocycles. The monoisotopic (exact) mass is 234 g/mol. The van der Waals surface area contributed by atoms with Crippen molar-refractivity contribution in [1.29, 1.82) is 0 Å². The molecule has 0 aliphatic heterocycles. The molecular weight excluding hydrogens is 212 g/mol. The van der Waals surface area contributed by atoms with Gasteiger partial charge < -0.3 is 5.32 Å². The first-order valence-electron chi connectivity index (χ1n) is 6.30. The highest BCUT2D eigenvalue weighted by Crippen LogP contribution is 2.08. The number of aromatic nitrogens is 1. The average molecular weight is 234 g/mol. The van der Waals surface area contributed by atoms with Crippen molar-refractivity contribution in [3.8, 4) is 0 Å². The van der Waals surface area contributed by atoms with Gasteiger partial charge in [0.2, 0.25) is 0 Å². The second kappa shape index (κ2) is 7.05. The predicted octanol–water partition coefficient (Wildman–Crippen LogP) is 3.03. The highest BCUT2D eigenvalue weighted by atomic mass is 16.1. The molecule has 1 rings (SSSR count). The maximum absolute atomic E-state index is 11.8. The first kappa shape index (κ1) is 13.7. The van der Waals surface area contributed by atoms with Gasteiger partial charge in [-0.15, -0.1) is 0 Å². The molecule has 0 saturated carbocycles. The third-order valence-corrected chi connectivity index (χ3v) is 2.74. The third kappa shape index (κ3) is 5.48. The molecule has 94 valence electrons. The zero-order chi connectivity index (χ0) is 12.7. The van der Waals surface area contributed by atoms with Crippen LogP contribution in [0.4, 0.5) is 0 Å². The fraction of sp³-hybridized carbons (Fsp3) is 0.571. The first-order chi connectivity index (χ1) is 8.09. The molecule has 0 bridgehead atoms. The standard InChI is InChI=1S/C14H22N2O/c1-11(2)5-4-6-12(3)16-14(17)13-7-9-15-10-8-13/h7-12H,4-6H2,1-3H3,(H,16,17)/t12-/m0/s1. The zero-order valence-corrected chi connectivity index (χ0v) is 10.9. The van der Waals surface area contributed by atoms with Gasteiger partial charge in [0.15, 0.2) is 0 Å². The predicted molar refractivity (Wildman–Crippen MR) is 69.9 cm³/mol. The number of carbonyl (C=O) groups excluding carboxylic acids is 1. The highest BCUT2D eigenvalue weighted by Gasteiger charge is 2.09. The molecule has 1 heterocycles. The van der Waals surface area contributed by atoms with Crippen LogP contribution in [0, 0.1) is 5.92 Å². The molecule has 0 fully saturated rings. The summed E-state index contributed by atoms with van der Waals surface area (Å²) in [6.07, 6.45) is 6.69. The van der Waals surface area contributed by atoms with Gasteiger partial charge in [-0.05, 0) is 31.4 Å². The lowest BCUT2D eigenvalue weighted by Gasteiger charge is -2.14. The summed E-state index contributed by atoms with van der Waals surface area (Å²) in [7, 11) is 0. The largest absolute Gasteiger partial charge is 0.350 e. The molecule has 1 amide bonds. The summed E-state index contributed by atoms with van der Waals surface area (Å²) in [6, 6.07) is 3.70. The summed E-state index contributed by atoms with van der Waals surface area (Å²) in [5.41, 5.74) is 0.677. The fourth-order valence-corrected chi connectivity index (χ4v) is 1.71. The summed E-state index contributed by atoms with van der Waals surface area (Å²) in [5, 5.41) is 3.00. The normalized spacial score (nSPS) is 12.5. The summed E-state index contributed by atoms with van der Waals surface area (Å²) in [5.74, 6) is 0.725. The van der Waals surface area contributed by atoms with E-state index in [2.05, 4.69) is 31.1 Å². The Bertz CT molecular complexity index is 335. The number of rotatable bonds is 6. The summed E-state index contributed by atoms with van der Waals surface area (Å²) in [6.45, 7) is 6.50. The number of carbonyl (C=O) groups is 1. The summed E-state index contributed by atoms with van der Waals surface area (Å²) >= 11 is 0. The average Bonchev–Trinajstić information content (AvgIpc) is 2.29. The zero-order valence-electron chi connectivity index (χ0n) is 10.9. The van der Waals surface area contributed by atoms with Gasteiger partial charge in [-0.3, -0.25) is 9.78 Å². The van der Waals surface area contributed by atoms with Crippen molar-refractivity contribution >= 4 is 5.91 Å². The number of nitrogens with one attached hydrogen (secondary N) is 1. The molecule has 1 atom stereocenters. The molecule has 3 nitrogen and oxygen atoms in total. The van der Waals surface area contributed by atoms with Crippen LogP contribution in [-0.4, -0.2) is 16.9 Å². The number of pyridine rings is 1. The first-order valence-corrected chi connectivity index (χ1v) is 6.30. The van der Waals surface area contributed by atoms with Crippen LogP contribution in [0.1, 0.15) is 50.4 Å². The van der Waals surface area contributed by atoms with Gasteiger partial charge in [0.1, 0.15) is 0 Å². The van der Waals surface area contributed by atoms with Crippen LogP contribution in [0.2, 0.25) is 0 Å². The van der Waals surface area contributed by atoms with Crippen molar-refractivity contribution in [3.05, 3.63) is 30.1 Å². The second-order valence-electron chi connectivity index (χ2n) is 4.94. The molecule has 1 aromatic rings. The van der Waals surface area contributed by atoms with E-state index < -0.39 is 0 Å².